The number of aryl methyl sites for hydroxylation is 1. The zero-order valence-electron chi connectivity index (χ0n) is 9.51. The fourth-order valence-corrected chi connectivity index (χ4v) is 2.38. The fraction of sp³-hybridized carbons (Fsp3) is 0.250. The number of thioether (sulfide) groups is 1. The maximum Gasteiger partial charge on any atom is 0.127 e. The van der Waals surface area contributed by atoms with E-state index in [9.17, 15) is 9.90 Å². The van der Waals surface area contributed by atoms with Crippen molar-refractivity contribution < 1.29 is 9.90 Å². The predicted octanol–water partition coefficient (Wildman–Crippen LogP) is 1.17. The van der Waals surface area contributed by atoms with Crippen molar-refractivity contribution in [1.82, 2.24) is 9.97 Å². The standard InChI is InChI=1S/C12H12N2O2S/c1-7(12(15)16)17-11-9-5-3-4-6-10(9)13-8(2)14-11/h3-7H,1-2H3,(H,15,16)/p-1/t7-/m0/s1. The van der Waals surface area contributed by atoms with Gasteiger partial charge in [-0.1, -0.05) is 30.0 Å². The largest absolute Gasteiger partial charge is 0.549 e. The molecule has 0 N–H and O–H groups in total. The summed E-state index contributed by atoms with van der Waals surface area (Å²) in [6.45, 7) is 3.38. The number of nitrogens with zero attached hydrogens (tertiary/aromatic N) is 2. The van der Waals surface area contributed by atoms with Gasteiger partial charge >= 0.3 is 0 Å². The summed E-state index contributed by atoms with van der Waals surface area (Å²) >= 11 is 1.18. The van der Waals surface area contributed by atoms with E-state index in [0.29, 0.717) is 10.9 Å². The molecule has 1 aromatic carbocycles. The minimum atomic E-state index is -1.09. The van der Waals surface area contributed by atoms with Crippen LogP contribution in [0.15, 0.2) is 29.3 Å². The molecule has 0 spiro atoms. The summed E-state index contributed by atoms with van der Waals surface area (Å²) in [6, 6.07) is 7.55. The van der Waals surface area contributed by atoms with Crippen LogP contribution in [0.1, 0.15) is 12.7 Å². The Kier molecular flexibility index (Phi) is 3.28. The van der Waals surface area contributed by atoms with Crippen LogP contribution in [-0.4, -0.2) is 21.2 Å². The molecule has 0 radical (unpaired) electrons. The van der Waals surface area contributed by atoms with Crippen molar-refractivity contribution >= 4 is 28.6 Å². The summed E-state index contributed by atoms with van der Waals surface area (Å²) in [7, 11) is 0. The number of carboxylic acid groups (broad SMARTS) is 1. The molecule has 1 aromatic heterocycles. The predicted molar refractivity (Wildman–Crippen MR) is 64.6 cm³/mol. The van der Waals surface area contributed by atoms with Gasteiger partial charge < -0.3 is 9.90 Å². The van der Waals surface area contributed by atoms with Gasteiger partial charge in [0, 0.05) is 10.6 Å². The minimum absolute atomic E-state index is 0.632. The van der Waals surface area contributed by atoms with Crippen LogP contribution in [0, 0.1) is 6.92 Å². The Morgan fingerprint density at radius 3 is 2.76 bits per heavy atom. The van der Waals surface area contributed by atoms with E-state index in [2.05, 4.69) is 9.97 Å². The average Bonchev–Trinajstić information content (AvgIpc) is 2.28. The lowest BCUT2D eigenvalue weighted by atomic mass is 10.2. The van der Waals surface area contributed by atoms with Gasteiger partial charge in [0.2, 0.25) is 0 Å². The Balaban J connectivity index is 2.49. The van der Waals surface area contributed by atoms with Crippen LogP contribution in [0.5, 0.6) is 0 Å². The molecule has 17 heavy (non-hydrogen) atoms. The number of fused-ring (bicyclic) bond motifs is 1. The average molecular weight is 247 g/mol. The molecule has 1 heterocycles. The van der Waals surface area contributed by atoms with Crippen molar-refractivity contribution in [1.29, 1.82) is 0 Å². The summed E-state index contributed by atoms with van der Waals surface area (Å²) in [5.41, 5.74) is 0.827. The zero-order valence-corrected chi connectivity index (χ0v) is 10.3. The van der Waals surface area contributed by atoms with Crippen molar-refractivity contribution in [3.63, 3.8) is 0 Å². The van der Waals surface area contributed by atoms with Crippen molar-refractivity contribution in [3.05, 3.63) is 30.1 Å². The van der Waals surface area contributed by atoms with Gasteiger partial charge in [0.1, 0.15) is 10.9 Å². The van der Waals surface area contributed by atoms with E-state index in [1.165, 1.54) is 11.8 Å². The number of para-hydroxylation sites is 1. The minimum Gasteiger partial charge on any atom is -0.549 e. The van der Waals surface area contributed by atoms with Crippen molar-refractivity contribution in [3.8, 4) is 0 Å². The van der Waals surface area contributed by atoms with Gasteiger partial charge in [-0.15, -0.1) is 0 Å². The molecule has 0 aliphatic heterocycles. The highest BCUT2D eigenvalue weighted by molar-refractivity contribution is 8.00. The summed E-state index contributed by atoms with van der Waals surface area (Å²) in [6.07, 6.45) is 0. The Hall–Kier alpha value is -1.62. The molecule has 88 valence electrons. The third-order valence-corrected chi connectivity index (χ3v) is 3.38. The van der Waals surface area contributed by atoms with Crippen LogP contribution in [0.25, 0.3) is 10.9 Å². The Morgan fingerprint density at radius 1 is 1.35 bits per heavy atom. The summed E-state index contributed by atoms with van der Waals surface area (Å²) < 4.78 is 0. The molecule has 0 saturated carbocycles. The number of hydrogen-bond donors (Lipinski definition) is 0. The van der Waals surface area contributed by atoms with Crippen LogP contribution < -0.4 is 5.11 Å². The van der Waals surface area contributed by atoms with Gasteiger partial charge in [0.15, 0.2) is 0 Å². The molecule has 0 aliphatic carbocycles. The number of carbonyl (C=O) groups is 1. The molecule has 4 nitrogen and oxygen atoms in total. The summed E-state index contributed by atoms with van der Waals surface area (Å²) in [4.78, 5) is 19.3. The number of hydrogen-bond acceptors (Lipinski definition) is 5. The van der Waals surface area contributed by atoms with E-state index < -0.39 is 11.2 Å². The number of aliphatic carboxylic acids is 1. The molecule has 0 unspecified atom stereocenters. The molecule has 1 atom stereocenters. The monoisotopic (exact) mass is 247 g/mol. The highest BCUT2D eigenvalue weighted by Gasteiger charge is 2.11. The Labute approximate surface area is 103 Å². The highest BCUT2D eigenvalue weighted by atomic mass is 32.2. The number of benzene rings is 1. The molecule has 0 fully saturated rings. The lowest BCUT2D eigenvalue weighted by molar-refractivity contribution is -0.304. The van der Waals surface area contributed by atoms with E-state index in [-0.39, 0.29) is 0 Å². The summed E-state index contributed by atoms with van der Waals surface area (Å²) in [5, 5.41) is 11.7. The van der Waals surface area contributed by atoms with Crippen molar-refractivity contribution in [2.75, 3.05) is 0 Å². The fourth-order valence-electron chi connectivity index (χ4n) is 1.46. The van der Waals surface area contributed by atoms with Gasteiger partial charge in [-0.3, -0.25) is 0 Å². The number of rotatable bonds is 3. The first-order chi connectivity index (χ1) is 8.08. The zero-order chi connectivity index (χ0) is 12.4. The Morgan fingerprint density at radius 2 is 2.06 bits per heavy atom. The maximum atomic E-state index is 10.7. The SMILES string of the molecule is Cc1nc(S[C@@H](C)C(=O)[O-])c2ccccc2n1. The molecule has 0 aliphatic rings. The van der Waals surface area contributed by atoms with E-state index in [1.54, 1.807) is 13.8 Å². The molecular formula is C12H11N2O2S-. The first kappa shape index (κ1) is 11.9. The van der Waals surface area contributed by atoms with Crippen molar-refractivity contribution in [2.24, 2.45) is 0 Å². The van der Waals surface area contributed by atoms with Gasteiger partial charge in [-0.25, -0.2) is 9.97 Å². The Bertz CT molecular complexity index is 571. The van der Waals surface area contributed by atoms with E-state index >= 15 is 0 Å². The maximum absolute atomic E-state index is 10.7. The molecule has 0 saturated heterocycles. The van der Waals surface area contributed by atoms with E-state index in [0.717, 1.165) is 10.9 Å². The normalized spacial score (nSPS) is 12.6. The molecule has 2 rings (SSSR count). The molecule has 0 amide bonds. The third kappa shape index (κ3) is 2.55. The van der Waals surface area contributed by atoms with Gasteiger partial charge in [-0.05, 0) is 19.9 Å². The van der Waals surface area contributed by atoms with Gasteiger partial charge in [0.25, 0.3) is 0 Å². The second kappa shape index (κ2) is 4.71. The molecule has 5 heteroatoms. The first-order valence-corrected chi connectivity index (χ1v) is 6.07. The highest BCUT2D eigenvalue weighted by Crippen LogP contribution is 2.28. The van der Waals surface area contributed by atoms with Crippen LogP contribution in [0.3, 0.4) is 0 Å². The van der Waals surface area contributed by atoms with E-state index in [4.69, 9.17) is 0 Å². The van der Waals surface area contributed by atoms with Crippen LogP contribution in [-0.2, 0) is 4.79 Å². The smallest absolute Gasteiger partial charge is 0.127 e. The summed E-state index contributed by atoms with van der Waals surface area (Å²) in [5.74, 6) is -0.452. The van der Waals surface area contributed by atoms with Crippen LogP contribution in [0.2, 0.25) is 0 Å². The van der Waals surface area contributed by atoms with Gasteiger partial charge in [-0.2, -0.15) is 0 Å². The third-order valence-electron chi connectivity index (χ3n) is 2.30. The molecule has 2 aromatic rings. The van der Waals surface area contributed by atoms with Crippen LogP contribution in [0.4, 0.5) is 0 Å². The molecule has 0 bridgehead atoms. The number of aromatic nitrogens is 2. The van der Waals surface area contributed by atoms with E-state index in [1.807, 2.05) is 24.3 Å². The first-order valence-electron chi connectivity index (χ1n) is 5.19. The van der Waals surface area contributed by atoms with Gasteiger partial charge in [0.05, 0.1) is 11.5 Å². The lowest BCUT2D eigenvalue weighted by Gasteiger charge is -2.13. The second-order valence-electron chi connectivity index (χ2n) is 3.67. The second-order valence-corrected chi connectivity index (χ2v) is 5.00. The van der Waals surface area contributed by atoms with Crippen LogP contribution >= 0.6 is 11.8 Å². The topological polar surface area (TPSA) is 65.9 Å². The molecular weight excluding hydrogens is 236 g/mol. The van der Waals surface area contributed by atoms with Crippen molar-refractivity contribution in [2.45, 2.75) is 24.1 Å². The number of carboxylic acids is 1. The lowest BCUT2D eigenvalue weighted by Crippen LogP contribution is -2.31. The number of carbonyl (C=O) groups excluding carboxylic acids is 1. The quantitative estimate of drug-likeness (QED) is 0.601.